The SMILES string of the molecule is CC(OCC1CCCO1)C(=O)N1CCN(C2CCCC2O)CC1. The van der Waals surface area contributed by atoms with Crippen LogP contribution in [0.4, 0.5) is 0 Å². The number of ether oxygens (including phenoxy) is 2. The van der Waals surface area contributed by atoms with Crippen LogP contribution in [0.2, 0.25) is 0 Å². The smallest absolute Gasteiger partial charge is 0.251 e. The first-order valence-electron chi connectivity index (χ1n) is 9.09. The molecular weight excluding hydrogens is 296 g/mol. The Morgan fingerprint density at radius 2 is 2.00 bits per heavy atom. The average Bonchev–Trinajstić information content (AvgIpc) is 3.23. The molecule has 0 aromatic carbocycles. The normalized spacial score (nSPS) is 34.0. The molecule has 0 aromatic heterocycles. The van der Waals surface area contributed by atoms with Gasteiger partial charge < -0.3 is 19.5 Å². The summed E-state index contributed by atoms with van der Waals surface area (Å²) in [6.07, 6.45) is 4.79. The number of piperazine rings is 1. The van der Waals surface area contributed by atoms with Crippen molar-refractivity contribution in [1.82, 2.24) is 9.80 Å². The van der Waals surface area contributed by atoms with E-state index in [0.29, 0.717) is 12.6 Å². The average molecular weight is 326 g/mol. The van der Waals surface area contributed by atoms with E-state index < -0.39 is 6.10 Å². The van der Waals surface area contributed by atoms with E-state index in [-0.39, 0.29) is 18.1 Å². The third-order valence-electron chi connectivity index (χ3n) is 5.44. The summed E-state index contributed by atoms with van der Waals surface area (Å²) in [5.74, 6) is 0.0783. The van der Waals surface area contributed by atoms with E-state index >= 15 is 0 Å². The van der Waals surface area contributed by atoms with Crippen molar-refractivity contribution in [3.63, 3.8) is 0 Å². The van der Waals surface area contributed by atoms with Crippen molar-refractivity contribution in [2.45, 2.75) is 63.4 Å². The Labute approximate surface area is 138 Å². The standard InChI is InChI=1S/C17H30N2O4/c1-13(23-12-14-4-3-11-22-14)17(21)19-9-7-18(8-10-19)15-5-2-6-16(15)20/h13-16,20H,2-12H2,1H3. The van der Waals surface area contributed by atoms with Gasteiger partial charge in [-0.15, -0.1) is 0 Å². The van der Waals surface area contributed by atoms with Crippen LogP contribution in [0.25, 0.3) is 0 Å². The molecular formula is C17H30N2O4. The first-order valence-corrected chi connectivity index (χ1v) is 9.09. The van der Waals surface area contributed by atoms with E-state index in [1.807, 2.05) is 11.8 Å². The lowest BCUT2D eigenvalue weighted by molar-refractivity contribution is -0.146. The summed E-state index contributed by atoms with van der Waals surface area (Å²) < 4.78 is 11.2. The van der Waals surface area contributed by atoms with Gasteiger partial charge in [-0.05, 0) is 39.0 Å². The predicted molar refractivity (Wildman–Crippen MR) is 86.2 cm³/mol. The van der Waals surface area contributed by atoms with Gasteiger partial charge >= 0.3 is 0 Å². The highest BCUT2D eigenvalue weighted by Crippen LogP contribution is 2.25. The summed E-state index contributed by atoms with van der Waals surface area (Å²) in [6.45, 7) is 6.33. The van der Waals surface area contributed by atoms with E-state index in [1.54, 1.807) is 0 Å². The zero-order valence-corrected chi connectivity index (χ0v) is 14.2. The molecule has 0 spiro atoms. The minimum absolute atomic E-state index is 0.0783. The van der Waals surface area contributed by atoms with Crippen LogP contribution >= 0.6 is 0 Å². The first-order chi connectivity index (χ1) is 11.1. The second-order valence-electron chi connectivity index (χ2n) is 7.04. The van der Waals surface area contributed by atoms with Gasteiger partial charge in [0, 0.05) is 38.8 Å². The quantitative estimate of drug-likeness (QED) is 0.803. The lowest BCUT2D eigenvalue weighted by atomic mass is 10.1. The third kappa shape index (κ3) is 4.24. The molecule has 1 saturated carbocycles. The monoisotopic (exact) mass is 326 g/mol. The number of hydrogen-bond acceptors (Lipinski definition) is 5. The Balaban J connectivity index is 1.40. The summed E-state index contributed by atoms with van der Waals surface area (Å²) in [7, 11) is 0. The Kier molecular flexibility index (Phi) is 5.91. The molecule has 2 aliphatic heterocycles. The zero-order valence-electron chi connectivity index (χ0n) is 14.2. The molecule has 132 valence electrons. The topological polar surface area (TPSA) is 62.2 Å². The minimum Gasteiger partial charge on any atom is -0.391 e. The fraction of sp³-hybridized carbons (Fsp3) is 0.941. The first kappa shape index (κ1) is 17.1. The minimum atomic E-state index is -0.400. The van der Waals surface area contributed by atoms with Crippen LogP contribution in [0.1, 0.15) is 39.0 Å². The predicted octanol–water partition coefficient (Wildman–Crippen LogP) is 0.628. The van der Waals surface area contributed by atoms with Gasteiger partial charge in [-0.1, -0.05) is 0 Å². The Morgan fingerprint density at radius 1 is 1.22 bits per heavy atom. The number of nitrogens with zero attached hydrogens (tertiary/aromatic N) is 2. The van der Waals surface area contributed by atoms with Crippen LogP contribution in [0.3, 0.4) is 0 Å². The van der Waals surface area contributed by atoms with Crippen LogP contribution in [0.15, 0.2) is 0 Å². The number of hydrogen-bond donors (Lipinski definition) is 1. The van der Waals surface area contributed by atoms with E-state index in [2.05, 4.69) is 4.90 Å². The van der Waals surface area contributed by atoms with Crippen LogP contribution in [0.5, 0.6) is 0 Å². The summed E-state index contributed by atoms with van der Waals surface area (Å²) >= 11 is 0. The number of carbonyl (C=O) groups excluding carboxylic acids is 1. The highest BCUT2D eigenvalue weighted by molar-refractivity contribution is 5.80. The van der Waals surface area contributed by atoms with Gasteiger partial charge in [0.1, 0.15) is 6.10 Å². The van der Waals surface area contributed by atoms with Crippen LogP contribution in [-0.2, 0) is 14.3 Å². The van der Waals surface area contributed by atoms with E-state index in [4.69, 9.17) is 9.47 Å². The third-order valence-corrected chi connectivity index (χ3v) is 5.44. The van der Waals surface area contributed by atoms with E-state index in [0.717, 1.165) is 64.9 Å². The van der Waals surface area contributed by atoms with Crippen LogP contribution in [-0.4, -0.2) is 84.6 Å². The fourth-order valence-electron chi connectivity index (χ4n) is 3.98. The Morgan fingerprint density at radius 3 is 2.61 bits per heavy atom. The van der Waals surface area contributed by atoms with Crippen molar-refractivity contribution in [1.29, 1.82) is 0 Å². The molecule has 4 atom stereocenters. The molecule has 3 rings (SSSR count). The Hall–Kier alpha value is -0.690. The van der Waals surface area contributed by atoms with Gasteiger partial charge in [-0.3, -0.25) is 9.69 Å². The molecule has 0 bridgehead atoms. The molecule has 1 N–H and O–H groups in total. The molecule has 1 amide bonds. The van der Waals surface area contributed by atoms with Gasteiger partial charge in [-0.25, -0.2) is 0 Å². The molecule has 1 aliphatic carbocycles. The van der Waals surface area contributed by atoms with E-state index in [1.165, 1.54) is 0 Å². The van der Waals surface area contributed by atoms with Crippen molar-refractivity contribution in [3.05, 3.63) is 0 Å². The molecule has 4 unspecified atom stereocenters. The molecule has 23 heavy (non-hydrogen) atoms. The van der Waals surface area contributed by atoms with Gasteiger partial charge in [0.05, 0.1) is 18.8 Å². The maximum Gasteiger partial charge on any atom is 0.251 e. The summed E-state index contributed by atoms with van der Waals surface area (Å²) in [6, 6.07) is 0.292. The lowest BCUT2D eigenvalue weighted by Crippen LogP contribution is -2.55. The highest BCUT2D eigenvalue weighted by atomic mass is 16.5. The molecule has 2 heterocycles. The molecule has 6 heteroatoms. The van der Waals surface area contributed by atoms with E-state index in [9.17, 15) is 9.90 Å². The number of amides is 1. The van der Waals surface area contributed by atoms with Gasteiger partial charge in [0.2, 0.25) is 0 Å². The molecule has 3 fully saturated rings. The summed E-state index contributed by atoms with van der Waals surface area (Å²) in [5.41, 5.74) is 0. The summed E-state index contributed by atoms with van der Waals surface area (Å²) in [4.78, 5) is 16.7. The van der Waals surface area contributed by atoms with Gasteiger partial charge in [0.15, 0.2) is 0 Å². The second-order valence-corrected chi connectivity index (χ2v) is 7.04. The Bertz CT molecular complexity index is 392. The van der Waals surface area contributed by atoms with Crippen molar-refractivity contribution in [3.8, 4) is 0 Å². The fourth-order valence-corrected chi connectivity index (χ4v) is 3.98. The van der Waals surface area contributed by atoms with Gasteiger partial charge in [-0.2, -0.15) is 0 Å². The zero-order chi connectivity index (χ0) is 16.2. The summed E-state index contributed by atoms with van der Waals surface area (Å²) in [5, 5.41) is 10.0. The molecule has 0 radical (unpaired) electrons. The number of aliphatic hydroxyl groups excluding tert-OH is 1. The number of rotatable bonds is 5. The highest BCUT2D eigenvalue weighted by Gasteiger charge is 2.34. The maximum absolute atomic E-state index is 12.5. The van der Waals surface area contributed by atoms with Crippen molar-refractivity contribution in [2.24, 2.45) is 0 Å². The van der Waals surface area contributed by atoms with Crippen molar-refractivity contribution in [2.75, 3.05) is 39.4 Å². The van der Waals surface area contributed by atoms with Gasteiger partial charge in [0.25, 0.3) is 5.91 Å². The largest absolute Gasteiger partial charge is 0.391 e. The molecule has 3 aliphatic rings. The molecule has 6 nitrogen and oxygen atoms in total. The lowest BCUT2D eigenvalue weighted by Gasteiger charge is -2.39. The molecule has 0 aromatic rings. The van der Waals surface area contributed by atoms with Crippen molar-refractivity contribution < 1.29 is 19.4 Å². The number of aliphatic hydroxyl groups is 1. The maximum atomic E-state index is 12.5. The number of carbonyl (C=O) groups is 1. The second kappa shape index (κ2) is 7.92. The van der Waals surface area contributed by atoms with Crippen molar-refractivity contribution >= 4 is 5.91 Å². The van der Waals surface area contributed by atoms with Crippen LogP contribution in [0, 0.1) is 0 Å². The van der Waals surface area contributed by atoms with Crippen LogP contribution < -0.4 is 0 Å². The molecule has 2 saturated heterocycles.